The van der Waals surface area contributed by atoms with Crippen molar-refractivity contribution in [3.8, 4) is 0 Å². The lowest BCUT2D eigenvalue weighted by molar-refractivity contribution is -0.139. The molecule has 0 bridgehead atoms. The van der Waals surface area contributed by atoms with Gasteiger partial charge in [0, 0.05) is 25.3 Å². The second-order valence-corrected chi connectivity index (χ2v) is 7.61. The number of hydrogen-bond acceptors (Lipinski definition) is 4. The molecule has 1 rings (SSSR count). The van der Waals surface area contributed by atoms with Gasteiger partial charge in [-0.25, -0.2) is 8.42 Å². The van der Waals surface area contributed by atoms with Gasteiger partial charge in [0.2, 0.25) is 11.8 Å². The van der Waals surface area contributed by atoms with Crippen LogP contribution in [0.15, 0.2) is 0 Å². The second kappa shape index (κ2) is 5.48. The average Bonchev–Trinajstić information content (AvgIpc) is 2.36. The van der Waals surface area contributed by atoms with Gasteiger partial charge >= 0.3 is 0 Å². The molecule has 19 heavy (non-hydrogen) atoms. The van der Waals surface area contributed by atoms with E-state index >= 15 is 0 Å². The maximum atomic E-state index is 12.5. The first kappa shape index (κ1) is 15.9. The first-order chi connectivity index (χ1) is 8.59. The van der Waals surface area contributed by atoms with Crippen molar-refractivity contribution in [2.24, 2.45) is 0 Å². The lowest BCUT2D eigenvalue weighted by Crippen LogP contribution is -2.57. The van der Waals surface area contributed by atoms with E-state index in [1.807, 2.05) is 6.92 Å². The Hall–Kier alpha value is -1.11. The van der Waals surface area contributed by atoms with Crippen molar-refractivity contribution in [2.75, 3.05) is 18.6 Å². The Morgan fingerprint density at radius 2 is 2.00 bits per heavy atom. The van der Waals surface area contributed by atoms with Gasteiger partial charge in [0.25, 0.3) is 0 Å². The minimum absolute atomic E-state index is 0.0906. The van der Waals surface area contributed by atoms with E-state index in [1.165, 1.54) is 4.90 Å². The van der Waals surface area contributed by atoms with E-state index in [2.05, 4.69) is 5.32 Å². The van der Waals surface area contributed by atoms with Crippen LogP contribution in [0.3, 0.4) is 0 Å². The number of rotatable bonds is 4. The quantitative estimate of drug-likeness (QED) is 0.786. The van der Waals surface area contributed by atoms with Crippen molar-refractivity contribution < 1.29 is 18.0 Å². The molecule has 1 aliphatic rings. The third kappa shape index (κ3) is 3.92. The van der Waals surface area contributed by atoms with Gasteiger partial charge in [0.1, 0.15) is 15.4 Å². The molecular formula is C12H22N2O4S. The molecule has 6 nitrogen and oxygen atoms in total. The smallest absolute Gasteiger partial charge is 0.248 e. The third-order valence-corrected chi connectivity index (χ3v) is 4.60. The minimum atomic E-state index is -3.16. The van der Waals surface area contributed by atoms with Gasteiger partial charge in [-0.2, -0.15) is 0 Å². The third-order valence-electron chi connectivity index (χ3n) is 3.51. The summed E-state index contributed by atoms with van der Waals surface area (Å²) < 4.78 is 22.7. The Labute approximate surface area is 114 Å². The summed E-state index contributed by atoms with van der Waals surface area (Å²) in [5.41, 5.74) is -0.945. The van der Waals surface area contributed by atoms with Gasteiger partial charge in [-0.1, -0.05) is 6.92 Å². The summed E-state index contributed by atoms with van der Waals surface area (Å²) in [6, 6.07) is -0.430. The molecule has 0 aromatic rings. The van der Waals surface area contributed by atoms with Crippen molar-refractivity contribution >= 4 is 21.7 Å². The van der Waals surface area contributed by atoms with E-state index in [1.54, 1.807) is 13.8 Å². The summed E-state index contributed by atoms with van der Waals surface area (Å²) in [4.78, 5) is 25.6. The van der Waals surface area contributed by atoms with Crippen LogP contribution in [-0.4, -0.2) is 55.3 Å². The molecule has 2 amide bonds. The molecule has 1 fully saturated rings. The van der Waals surface area contributed by atoms with Crippen LogP contribution in [0.2, 0.25) is 0 Å². The first-order valence-corrected chi connectivity index (χ1v) is 8.45. The summed E-state index contributed by atoms with van der Waals surface area (Å²) in [6.45, 7) is 5.46. The van der Waals surface area contributed by atoms with Crippen LogP contribution in [0.1, 0.15) is 33.6 Å². The summed E-state index contributed by atoms with van der Waals surface area (Å²) in [7, 11) is -3.16. The normalized spacial score (nSPS) is 26.8. The zero-order valence-electron chi connectivity index (χ0n) is 11.9. The fraction of sp³-hybridized carbons (Fsp3) is 0.833. The number of amides is 2. The van der Waals surface area contributed by atoms with E-state index in [4.69, 9.17) is 0 Å². The predicted molar refractivity (Wildman–Crippen MR) is 72.3 cm³/mol. The summed E-state index contributed by atoms with van der Waals surface area (Å²) >= 11 is 0. The largest absolute Gasteiger partial charge is 0.342 e. The highest BCUT2D eigenvalue weighted by molar-refractivity contribution is 7.90. The van der Waals surface area contributed by atoms with E-state index in [9.17, 15) is 18.0 Å². The number of nitrogens with one attached hydrogen (secondary N) is 1. The molecule has 0 radical (unpaired) electrons. The van der Waals surface area contributed by atoms with Gasteiger partial charge in [-0.05, 0) is 20.3 Å². The Morgan fingerprint density at radius 1 is 1.42 bits per heavy atom. The van der Waals surface area contributed by atoms with Crippen LogP contribution < -0.4 is 5.32 Å². The number of carbonyl (C=O) groups excluding carboxylic acids is 2. The van der Waals surface area contributed by atoms with Crippen molar-refractivity contribution in [1.82, 2.24) is 10.2 Å². The Bertz CT molecular complexity index is 474. The fourth-order valence-electron chi connectivity index (χ4n) is 2.25. The molecule has 1 N–H and O–H groups in total. The van der Waals surface area contributed by atoms with Crippen LogP contribution in [0.5, 0.6) is 0 Å². The standard InChI is InChI=1S/C12H22N2O4S/c1-5-12(3)11(16)14(7-6-10(15)13-12)9(2)8-19(4,17)18/h9H,5-8H2,1-4H3,(H,13,15). The zero-order valence-corrected chi connectivity index (χ0v) is 12.7. The molecule has 0 aromatic heterocycles. The van der Waals surface area contributed by atoms with Gasteiger partial charge < -0.3 is 10.2 Å². The zero-order chi connectivity index (χ0) is 14.8. The average molecular weight is 290 g/mol. The minimum Gasteiger partial charge on any atom is -0.342 e. The van der Waals surface area contributed by atoms with E-state index in [0.717, 1.165) is 6.26 Å². The van der Waals surface area contributed by atoms with E-state index in [0.29, 0.717) is 6.42 Å². The maximum Gasteiger partial charge on any atom is 0.248 e. The van der Waals surface area contributed by atoms with Gasteiger partial charge in [0.15, 0.2) is 0 Å². The summed E-state index contributed by atoms with van der Waals surface area (Å²) in [6.07, 6.45) is 1.82. The van der Waals surface area contributed by atoms with Crippen LogP contribution in [0.25, 0.3) is 0 Å². The molecule has 1 heterocycles. The molecule has 2 atom stereocenters. The van der Waals surface area contributed by atoms with Crippen molar-refractivity contribution in [3.05, 3.63) is 0 Å². The lowest BCUT2D eigenvalue weighted by atomic mass is 9.97. The number of hydrogen-bond donors (Lipinski definition) is 1. The SMILES string of the molecule is CCC1(C)NC(=O)CCN(C(C)CS(C)(=O)=O)C1=O. The highest BCUT2D eigenvalue weighted by Crippen LogP contribution is 2.20. The maximum absolute atomic E-state index is 12.5. The highest BCUT2D eigenvalue weighted by atomic mass is 32.2. The summed E-state index contributed by atoms with van der Waals surface area (Å²) in [5, 5.41) is 2.72. The predicted octanol–water partition coefficient (Wildman–Crippen LogP) is -0.0633. The number of carbonyl (C=O) groups is 2. The molecule has 0 spiro atoms. The number of sulfone groups is 1. The van der Waals surface area contributed by atoms with Crippen molar-refractivity contribution in [1.29, 1.82) is 0 Å². The van der Waals surface area contributed by atoms with E-state index in [-0.39, 0.29) is 30.5 Å². The van der Waals surface area contributed by atoms with Crippen LogP contribution in [0.4, 0.5) is 0 Å². The monoisotopic (exact) mass is 290 g/mol. The van der Waals surface area contributed by atoms with Gasteiger partial charge in [-0.15, -0.1) is 0 Å². The Balaban J connectivity index is 2.99. The molecule has 0 saturated carbocycles. The second-order valence-electron chi connectivity index (χ2n) is 5.42. The summed E-state index contributed by atoms with van der Waals surface area (Å²) in [5.74, 6) is -0.476. The fourth-order valence-corrected chi connectivity index (χ4v) is 3.31. The molecule has 7 heteroatoms. The molecule has 1 saturated heterocycles. The molecule has 1 aliphatic heterocycles. The van der Waals surface area contributed by atoms with Crippen molar-refractivity contribution in [2.45, 2.75) is 45.2 Å². The molecular weight excluding hydrogens is 268 g/mol. The highest BCUT2D eigenvalue weighted by Gasteiger charge is 2.40. The molecule has 0 aliphatic carbocycles. The van der Waals surface area contributed by atoms with Crippen LogP contribution in [-0.2, 0) is 19.4 Å². The Morgan fingerprint density at radius 3 is 2.47 bits per heavy atom. The van der Waals surface area contributed by atoms with Gasteiger partial charge in [-0.3, -0.25) is 9.59 Å². The van der Waals surface area contributed by atoms with Gasteiger partial charge in [0.05, 0.1) is 5.75 Å². The molecule has 2 unspecified atom stereocenters. The Kier molecular flexibility index (Phi) is 4.60. The first-order valence-electron chi connectivity index (χ1n) is 6.39. The lowest BCUT2D eigenvalue weighted by Gasteiger charge is -2.34. The van der Waals surface area contributed by atoms with Crippen LogP contribution >= 0.6 is 0 Å². The topological polar surface area (TPSA) is 83.6 Å². The molecule has 110 valence electrons. The number of nitrogens with zero attached hydrogens (tertiary/aromatic N) is 1. The van der Waals surface area contributed by atoms with E-state index < -0.39 is 21.4 Å². The van der Waals surface area contributed by atoms with Crippen LogP contribution in [0, 0.1) is 0 Å². The molecule has 0 aromatic carbocycles. The van der Waals surface area contributed by atoms with Crippen molar-refractivity contribution in [3.63, 3.8) is 0 Å².